The van der Waals surface area contributed by atoms with Crippen molar-refractivity contribution in [3.05, 3.63) is 54.6 Å². The van der Waals surface area contributed by atoms with Gasteiger partial charge in [0.1, 0.15) is 5.82 Å². The summed E-state index contributed by atoms with van der Waals surface area (Å²) < 4.78 is 20.1. The molecule has 2 aromatic heterocycles. The molecule has 9 heteroatoms. The lowest BCUT2D eigenvalue weighted by Crippen LogP contribution is -2.44. The fraction of sp³-hybridized carbons (Fsp3) is 0.333. The number of halogens is 1. The Hall–Kier alpha value is -3.59. The number of rotatable bonds is 5. The number of amides is 2. The molecule has 8 nitrogen and oxygen atoms in total. The third-order valence-corrected chi connectivity index (χ3v) is 5.74. The van der Waals surface area contributed by atoms with Gasteiger partial charge in [0.15, 0.2) is 11.6 Å². The Morgan fingerprint density at radius 3 is 2.73 bits per heavy atom. The molecule has 1 unspecified atom stereocenters. The first-order valence-electron chi connectivity index (χ1n) is 11.1. The van der Waals surface area contributed by atoms with Crippen LogP contribution in [0.5, 0.6) is 0 Å². The summed E-state index contributed by atoms with van der Waals surface area (Å²) >= 11 is 0. The van der Waals surface area contributed by atoms with Gasteiger partial charge < -0.3 is 20.3 Å². The van der Waals surface area contributed by atoms with Gasteiger partial charge in [0.25, 0.3) is 0 Å². The quantitative estimate of drug-likeness (QED) is 0.616. The highest BCUT2D eigenvalue weighted by molar-refractivity contribution is 5.90. The van der Waals surface area contributed by atoms with E-state index in [1.807, 2.05) is 30.3 Å². The molecule has 2 aliphatic rings. The normalized spacial score (nSPS) is 18.1. The minimum atomic E-state index is -0.475. The molecule has 170 valence electrons. The van der Waals surface area contributed by atoms with E-state index in [-0.39, 0.29) is 12.1 Å². The molecule has 3 heterocycles. The zero-order valence-corrected chi connectivity index (χ0v) is 18.3. The maximum absolute atomic E-state index is 14.5. The summed E-state index contributed by atoms with van der Waals surface area (Å²) in [6.45, 7) is 3.96. The van der Waals surface area contributed by atoms with Gasteiger partial charge in [-0.2, -0.15) is 0 Å². The number of urea groups is 1. The Morgan fingerprint density at radius 2 is 2.00 bits per heavy atom. The van der Waals surface area contributed by atoms with Crippen molar-refractivity contribution in [1.82, 2.24) is 20.3 Å². The lowest BCUT2D eigenvalue weighted by molar-refractivity contribution is 0.0985. The number of carbonyl (C=O) groups is 1. The van der Waals surface area contributed by atoms with E-state index >= 15 is 0 Å². The van der Waals surface area contributed by atoms with Gasteiger partial charge in [-0.1, -0.05) is 12.1 Å². The second-order valence-electron chi connectivity index (χ2n) is 8.36. The SMILES string of the molecule is CC1COCCN1c1cc(-c2ccc(NC(=O)NC3CC3)cc2)nc(-c2ccncc2F)n1. The molecule has 0 radical (unpaired) electrons. The molecule has 0 bridgehead atoms. The Morgan fingerprint density at radius 1 is 1.18 bits per heavy atom. The van der Waals surface area contributed by atoms with Crippen LogP contribution in [0, 0.1) is 5.82 Å². The van der Waals surface area contributed by atoms with Crippen LogP contribution < -0.4 is 15.5 Å². The molecule has 5 rings (SSSR count). The molecule has 2 amide bonds. The lowest BCUT2D eigenvalue weighted by Gasteiger charge is -2.34. The maximum Gasteiger partial charge on any atom is 0.319 e. The molecule has 3 aromatic rings. The van der Waals surface area contributed by atoms with Crippen LogP contribution in [0.25, 0.3) is 22.6 Å². The van der Waals surface area contributed by atoms with Gasteiger partial charge in [-0.3, -0.25) is 4.98 Å². The standard InChI is InChI=1S/C24H25FN6O2/c1-15-14-33-11-10-31(15)22-12-21(29-23(30-22)19-8-9-26-13-20(19)25)16-2-4-17(5-3-16)27-24(32)28-18-6-7-18/h2-5,8-9,12-13,15,18H,6-7,10-11,14H2,1H3,(H2,27,28,32). The summed E-state index contributed by atoms with van der Waals surface area (Å²) in [5.74, 6) is 0.539. The molecule has 2 N–H and O–H groups in total. The number of nitrogens with one attached hydrogen (secondary N) is 2. The van der Waals surface area contributed by atoms with E-state index in [0.29, 0.717) is 54.4 Å². The van der Waals surface area contributed by atoms with Crippen LogP contribution in [-0.4, -0.2) is 52.8 Å². The zero-order chi connectivity index (χ0) is 22.8. The van der Waals surface area contributed by atoms with E-state index < -0.39 is 5.82 Å². The van der Waals surface area contributed by atoms with Crippen molar-refractivity contribution < 1.29 is 13.9 Å². The van der Waals surface area contributed by atoms with E-state index in [2.05, 4.69) is 37.4 Å². The summed E-state index contributed by atoms with van der Waals surface area (Å²) in [5.41, 5.74) is 2.49. The molecule has 1 aliphatic heterocycles. The molecule has 1 aliphatic carbocycles. The Bertz CT molecular complexity index is 1150. The van der Waals surface area contributed by atoms with Crippen molar-refractivity contribution in [2.45, 2.75) is 31.8 Å². The van der Waals surface area contributed by atoms with Crippen molar-refractivity contribution in [1.29, 1.82) is 0 Å². The van der Waals surface area contributed by atoms with Crippen LogP contribution in [0.2, 0.25) is 0 Å². The van der Waals surface area contributed by atoms with Crippen LogP contribution in [0.15, 0.2) is 48.8 Å². The minimum Gasteiger partial charge on any atom is -0.377 e. The number of ether oxygens (including phenoxy) is 1. The molecule has 1 atom stereocenters. The van der Waals surface area contributed by atoms with Crippen LogP contribution in [0.3, 0.4) is 0 Å². The van der Waals surface area contributed by atoms with Crippen molar-refractivity contribution in [2.24, 2.45) is 0 Å². The topological polar surface area (TPSA) is 92.3 Å². The largest absolute Gasteiger partial charge is 0.377 e. The number of anilines is 2. The number of pyridine rings is 1. The van der Waals surface area contributed by atoms with E-state index in [4.69, 9.17) is 4.74 Å². The lowest BCUT2D eigenvalue weighted by atomic mass is 10.1. The van der Waals surface area contributed by atoms with Gasteiger partial charge in [-0.25, -0.2) is 19.2 Å². The van der Waals surface area contributed by atoms with Gasteiger partial charge in [0, 0.05) is 36.1 Å². The first-order chi connectivity index (χ1) is 16.1. The summed E-state index contributed by atoms with van der Waals surface area (Å²) in [6, 6.07) is 11.1. The number of hydrogen-bond donors (Lipinski definition) is 2. The molecular weight excluding hydrogens is 423 g/mol. The third-order valence-electron chi connectivity index (χ3n) is 5.74. The van der Waals surface area contributed by atoms with Crippen molar-refractivity contribution in [3.63, 3.8) is 0 Å². The fourth-order valence-electron chi connectivity index (χ4n) is 3.78. The highest BCUT2D eigenvalue weighted by atomic mass is 19.1. The van der Waals surface area contributed by atoms with Gasteiger partial charge >= 0.3 is 6.03 Å². The zero-order valence-electron chi connectivity index (χ0n) is 18.3. The molecular formula is C24H25FN6O2. The molecule has 1 saturated carbocycles. The van der Waals surface area contributed by atoms with Crippen molar-refractivity contribution >= 4 is 17.5 Å². The Kier molecular flexibility index (Phi) is 5.87. The van der Waals surface area contributed by atoms with E-state index in [1.165, 1.54) is 6.20 Å². The number of morpholine rings is 1. The predicted molar refractivity (Wildman–Crippen MR) is 123 cm³/mol. The van der Waals surface area contributed by atoms with Crippen LogP contribution in [0.1, 0.15) is 19.8 Å². The number of aromatic nitrogens is 3. The third kappa shape index (κ3) is 4.93. The van der Waals surface area contributed by atoms with E-state index in [0.717, 1.165) is 24.6 Å². The minimum absolute atomic E-state index is 0.133. The monoisotopic (exact) mass is 448 g/mol. The number of carbonyl (C=O) groups excluding carboxylic acids is 1. The average molecular weight is 449 g/mol. The predicted octanol–water partition coefficient (Wildman–Crippen LogP) is 3.85. The van der Waals surface area contributed by atoms with Gasteiger partial charge in [0.2, 0.25) is 0 Å². The summed E-state index contributed by atoms with van der Waals surface area (Å²) in [4.78, 5) is 27.3. The van der Waals surface area contributed by atoms with Gasteiger partial charge in [-0.05, 0) is 38.0 Å². The Labute approximate surface area is 191 Å². The molecule has 1 aromatic carbocycles. The Balaban J connectivity index is 1.48. The van der Waals surface area contributed by atoms with Gasteiger partial charge in [-0.15, -0.1) is 0 Å². The van der Waals surface area contributed by atoms with Crippen molar-refractivity contribution in [3.8, 4) is 22.6 Å². The average Bonchev–Trinajstić information content (AvgIpc) is 3.64. The van der Waals surface area contributed by atoms with Crippen LogP contribution >= 0.6 is 0 Å². The van der Waals surface area contributed by atoms with E-state index in [1.54, 1.807) is 6.07 Å². The second-order valence-corrected chi connectivity index (χ2v) is 8.36. The number of nitrogens with zero attached hydrogens (tertiary/aromatic N) is 4. The molecule has 0 spiro atoms. The summed E-state index contributed by atoms with van der Waals surface area (Å²) in [6.07, 6.45) is 4.75. The fourth-order valence-corrected chi connectivity index (χ4v) is 3.78. The smallest absolute Gasteiger partial charge is 0.319 e. The summed E-state index contributed by atoms with van der Waals surface area (Å²) in [5, 5.41) is 5.74. The summed E-state index contributed by atoms with van der Waals surface area (Å²) in [7, 11) is 0. The molecule has 33 heavy (non-hydrogen) atoms. The van der Waals surface area contributed by atoms with Crippen LogP contribution in [-0.2, 0) is 4.74 Å². The van der Waals surface area contributed by atoms with E-state index in [9.17, 15) is 9.18 Å². The first-order valence-corrected chi connectivity index (χ1v) is 11.1. The highest BCUT2D eigenvalue weighted by Crippen LogP contribution is 2.29. The number of benzene rings is 1. The molecule has 2 fully saturated rings. The van der Waals surface area contributed by atoms with Crippen LogP contribution in [0.4, 0.5) is 20.7 Å². The number of hydrogen-bond acceptors (Lipinski definition) is 6. The van der Waals surface area contributed by atoms with Crippen molar-refractivity contribution in [2.75, 3.05) is 30.0 Å². The first kappa shape index (κ1) is 21.3. The molecule has 1 saturated heterocycles. The maximum atomic E-state index is 14.5. The highest BCUT2D eigenvalue weighted by Gasteiger charge is 2.24. The second kappa shape index (κ2) is 9.11. The van der Waals surface area contributed by atoms with Gasteiger partial charge in [0.05, 0.1) is 36.7 Å².